The van der Waals surface area contributed by atoms with E-state index in [9.17, 15) is 18.0 Å². The molecule has 0 aliphatic carbocycles. The molecular weight excluding hydrogens is 281 g/mol. The van der Waals surface area contributed by atoms with Crippen LogP contribution in [0.15, 0.2) is 30.3 Å². The number of pyridine rings is 1. The molecule has 6 heteroatoms. The van der Waals surface area contributed by atoms with Gasteiger partial charge in [-0.2, -0.15) is 13.2 Å². The number of anilines is 1. The summed E-state index contributed by atoms with van der Waals surface area (Å²) in [5.74, 6) is 0.0860. The molecule has 0 spiro atoms. The first-order valence-corrected chi connectivity index (χ1v) is 6.61. The van der Waals surface area contributed by atoms with Crippen molar-refractivity contribution >= 4 is 23.0 Å². The molecule has 3 nitrogen and oxygen atoms in total. The van der Waals surface area contributed by atoms with Gasteiger partial charge in [0.15, 0.2) is 6.29 Å². The van der Waals surface area contributed by atoms with Crippen LogP contribution in [0.5, 0.6) is 0 Å². The minimum Gasteiger partial charge on any atom is -0.347 e. The van der Waals surface area contributed by atoms with Gasteiger partial charge in [-0.1, -0.05) is 25.1 Å². The minimum absolute atomic E-state index is 0.0860. The van der Waals surface area contributed by atoms with E-state index in [0.717, 1.165) is 10.3 Å². The van der Waals surface area contributed by atoms with Gasteiger partial charge < -0.3 is 4.90 Å². The third-order valence-corrected chi connectivity index (χ3v) is 3.02. The summed E-state index contributed by atoms with van der Waals surface area (Å²) >= 11 is 0. The van der Waals surface area contributed by atoms with Crippen molar-refractivity contribution in [3.05, 3.63) is 35.9 Å². The average Bonchev–Trinajstić information content (AvgIpc) is 2.44. The fourth-order valence-electron chi connectivity index (χ4n) is 2.21. The third kappa shape index (κ3) is 3.71. The Kier molecular flexibility index (Phi) is 4.45. The summed E-state index contributed by atoms with van der Waals surface area (Å²) in [4.78, 5) is 16.5. The Labute approximate surface area is 120 Å². The van der Waals surface area contributed by atoms with Crippen molar-refractivity contribution in [3.63, 3.8) is 0 Å². The summed E-state index contributed by atoms with van der Waals surface area (Å²) in [6.07, 6.45) is -3.26. The number of aldehydes is 1. The first-order chi connectivity index (χ1) is 9.94. The molecule has 1 aromatic heterocycles. The normalized spacial score (nSPS) is 11.6. The molecule has 1 heterocycles. The van der Waals surface area contributed by atoms with Gasteiger partial charge in [0.1, 0.15) is 12.4 Å². The highest BCUT2D eigenvalue weighted by molar-refractivity contribution is 5.91. The predicted octanol–water partition coefficient (Wildman–Crippen LogP) is 3.83. The zero-order chi connectivity index (χ0) is 15.5. The monoisotopic (exact) mass is 296 g/mol. The molecule has 0 N–H and O–H groups in total. The Hall–Kier alpha value is -2.11. The summed E-state index contributed by atoms with van der Waals surface area (Å²) in [6, 6.07) is 8.60. The van der Waals surface area contributed by atoms with E-state index in [-0.39, 0.29) is 17.9 Å². The fraction of sp³-hybridized carbons (Fsp3) is 0.333. The Bertz CT molecular complexity index is 640. The summed E-state index contributed by atoms with van der Waals surface area (Å²) in [5.41, 5.74) is 0.743. The zero-order valence-electron chi connectivity index (χ0n) is 11.5. The van der Waals surface area contributed by atoms with E-state index >= 15 is 0 Å². The van der Waals surface area contributed by atoms with E-state index in [4.69, 9.17) is 0 Å². The maximum absolute atomic E-state index is 12.7. The first kappa shape index (κ1) is 15.3. The lowest BCUT2D eigenvalue weighted by molar-refractivity contribution is -0.119. The molecule has 2 rings (SSSR count). The van der Waals surface area contributed by atoms with Crippen LogP contribution in [0.3, 0.4) is 0 Å². The number of carbonyl (C=O) groups excluding carboxylic acids is 1. The molecule has 0 atom stereocenters. The SMILES string of the molecule is CCCN(CC(F)(F)F)c1nc2ccccc2cc1C=O. The molecule has 0 saturated carbocycles. The maximum atomic E-state index is 12.7. The number of hydrogen-bond donors (Lipinski definition) is 0. The van der Waals surface area contributed by atoms with Gasteiger partial charge in [0, 0.05) is 11.9 Å². The van der Waals surface area contributed by atoms with Crippen LogP contribution in [0.1, 0.15) is 23.7 Å². The van der Waals surface area contributed by atoms with Gasteiger partial charge in [-0.25, -0.2) is 4.98 Å². The Morgan fingerprint density at radius 3 is 2.62 bits per heavy atom. The van der Waals surface area contributed by atoms with Crippen molar-refractivity contribution in [1.29, 1.82) is 0 Å². The van der Waals surface area contributed by atoms with E-state index in [1.807, 2.05) is 0 Å². The number of carbonyl (C=O) groups is 1. The zero-order valence-corrected chi connectivity index (χ0v) is 11.5. The molecule has 2 aromatic rings. The van der Waals surface area contributed by atoms with Crippen LogP contribution in [-0.4, -0.2) is 30.5 Å². The lowest BCUT2D eigenvalue weighted by Gasteiger charge is -2.25. The van der Waals surface area contributed by atoms with Crippen LogP contribution in [0.2, 0.25) is 0 Å². The third-order valence-electron chi connectivity index (χ3n) is 3.02. The van der Waals surface area contributed by atoms with Crippen LogP contribution in [0.4, 0.5) is 19.0 Å². The molecule has 0 radical (unpaired) electrons. The van der Waals surface area contributed by atoms with Gasteiger partial charge in [-0.05, 0) is 18.6 Å². The lowest BCUT2D eigenvalue weighted by Crippen LogP contribution is -2.36. The van der Waals surface area contributed by atoms with Crippen molar-refractivity contribution in [1.82, 2.24) is 4.98 Å². The molecule has 0 fully saturated rings. The van der Waals surface area contributed by atoms with Gasteiger partial charge >= 0.3 is 6.18 Å². The maximum Gasteiger partial charge on any atom is 0.405 e. The Morgan fingerprint density at radius 1 is 1.29 bits per heavy atom. The Morgan fingerprint density at radius 2 is 2.00 bits per heavy atom. The first-order valence-electron chi connectivity index (χ1n) is 6.61. The minimum atomic E-state index is -4.34. The largest absolute Gasteiger partial charge is 0.405 e. The van der Waals surface area contributed by atoms with Crippen LogP contribution in [0.25, 0.3) is 10.9 Å². The highest BCUT2D eigenvalue weighted by Crippen LogP contribution is 2.26. The highest BCUT2D eigenvalue weighted by atomic mass is 19.4. The highest BCUT2D eigenvalue weighted by Gasteiger charge is 2.32. The molecule has 1 aromatic carbocycles. The fourth-order valence-corrected chi connectivity index (χ4v) is 2.21. The van der Waals surface area contributed by atoms with E-state index in [1.165, 1.54) is 0 Å². The second kappa shape index (κ2) is 6.11. The van der Waals surface area contributed by atoms with Crippen molar-refractivity contribution < 1.29 is 18.0 Å². The average molecular weight is 296 g/mol. The van der Waals surface area contributed by atoms with Crippen molar-refractivity contribution in [2.45, 2.75) is 19.5 Å². The lowest BCUT2D eigenvalue weighted by atomic mass is 10.1. The number of rotatable bonds is 5. The summed E-state index contributed by atoms with van der Waals surface area (Å²) < 4.78 is 38.1. The van der Waals surface area contributed by atoms with Gasteiger partial charge in [-0.3, -0.25) is 4.79 Å². The summed E-state index contributed by atoms with van der Waals surface area (Å²) in [6.45, 7) is 0.851. The van der Waals surface area contributed by atoms with Gasteiger partial charge in [0.2, 0.25) is 0 Å². The van der Waals surface area contributed by atoms with E-state index < -0.39 is 12.7 Å². The van der Waals surface area contributed by atoms with Crippen LogP contribution in [0, 0.1) is 0 Å². The topological polar surface area (TPSA) is 33.2 Å². The Balaban J connectivity index is 2.51. The second-order valence-electron chi connectivity index (χ2n) is 4.75. The molecule has 0 amide bonds. The molecule has 0 unspecified atom stereocenters. The molecule has 0 aliphatic rings. The number of alkyl halides is 3. The van der Waals surface area contributed by atoms with Crippen molar-refractivity contribution in [3.8, 4) is 0 Å². The van der Waals surface area contributed by atoms with Crippen LogP contribution >= 0.6 is 0 Å². The standard InChI is InChI=1S/C15H15F3N2O/c1-2-7-20(10-15(16,17)18)14-12(9-21)8-11-5-3-4-6-13(11)19-14/h3-6,8-9H,2,7,10H2,1H3. The van der Waals surface area contributed by atoms with Crippen LogP contribution in [-0.2, 0) is 0 Å². The molecule has 0 saturated heterocycles. The van der Waals surface area contributed by atoms with Crippen molar-refractivity contribution in [2.24, 2.45) is 0 Å². The number of halogens is 3. The number of para-hydroxylation sites is 1. The molecule has 0 aliphatic heterocycles. The molecule has 112 valence electrons. The van der Waals surface area contributed by atoms with Gasteiger partial charge in [-0.15, -0.1) is 0 Å². The predicted molar refractivity (Wildman–Crippen MR) is 75.7 cm³/mol. The molecular formula is C15H15F3N2O. The number of aromatic nitrogens is 1. The smallest absolute Gasteiger partial charge is 0.347 e. The second-order valence-corrected chi connectivity index (χ2v) is 4.75. The summed E-state index contributed by atoms with van der Waals surface area (Å²) in [7, 11) is 0. The molecule has 21 heavy (non-hydrogen) atoms. The van der Waals surface area contributed by atoms with Gasteiger partial charge in [0.25, 0.3) is 0 Å². The number of benzene rings is 1. The van der Waals surface area contributed by atoms with E-state index in [0.29, 0.717) is 18.2 Å². The van der Waals surface area contributed by atoms with E-state index in [1.54, 1.807) is 37.3 Å². The quantitative estimate of drug-likeness (QED) is 0.786. The number of fused-ring (bicyclic) bond motifs is 1. The summed E-state index contributed by atoms with van der Waals surface area (Å²) in [5, 5.41) is 0.729. The van der Waals surface area contributed by atoms with Gasteiger partial charge in [0.05, 0.1) is 11.1 Å². The number of hydrogen-bond acceptors (Lipinski definition) is 3. The van der Waals surface area contributed by atoms with E-state index in [2.05, 4.69) is 4.98 Å². The molecule has 0 bridgehead atoms. The number of nitrogens with zero attached hydrogens (tertiary/aromatic N) is 2. The van der Waals surface area contributed by atoms with Crippen molar-refractivity contribution in [2.75, 3.05) is 18.0 Å². The van der Waals surface area contributed by atoms with Crippen LogP contribution < -0.4 is 4.90 Å².